The molecule has 1 aliphatic rings. The number of allylic oxidation sites excluding steroid dienone is 1. The summed E-state index contributed by atoms with van der Waals surface area (Å²) in [4.78, 5) is 23.5. The summed E-state index contributed by atoms with van der Waals surface area (Å²) in [5, 5.41) is 12.0. The zero-order valence-electron chi connectivity index (χ0n) is 15.0. The standard InChI is InChI=1S/C22H22FNO3/c23-19-7-3-1-5-17(19)16-12-9-15(10-13-16)11-14-21(25)24-20-8-4-2-6-18(20)22(26)27/h1,3,5,7,9-10,12-13H,2,4,6,8,11,14H2,(H,24,25)(H,26,27). The van der Waals surface area contributed by atoms with E-state index in [1.807, 2.05) is 24.3 Å². The fourth-order valence-corrected chi connectivity index (χ4v) is 3.31. The second kappa shape index (κ2) is 8.62. The SMILES string of the molecule is O=C(CCc1ccc(-c2ccccc2F)cc1)NC1=C(C(=O)O)CCCC1. The van der Waals surface area contributed by atoms with Crippen LogP contribution in [-0.2, 0) is 16.0 Å². The number of aliphatic carboxylic acids is 1. The van der Waals surface area contributed by atoms with Gasteiger partial charge in [-0.2, -0.15) is 0 Å². The summed E-state index contributed by atoms with van der Waals surface area (Å²) >= 11 is 0. The molecule has 0 aromatic heterocycles. The number of rotatable bonds is 6. The Kier molecular flexibility index (Phi) is 6.01. The highest BCUT2D eigenvalue weighted by Gasteiger charge is 2.19. The average molecular weight is 367 g/mol. The number of carboxylic acid groups (broad SMARTS) is 1. The van der Waals surface area contributed by atoms with Gasteiger partial charge in [-0.05, 0) is 49.3 Å². The van der Waals surface area contributed by atoms with Crippen LogP contribution in [0.25, 0.3) is 11.1 Å². The number of hydrogen-bond acceptors (Lipinski definition) is 2. The van der Waals surface area contributed by atoms with Gasteiger partial charge in [-0.1, -0.05) is 42.5 Å². The van der Waals surface area contributed by atoms with E-state index in [9.17, 15) is 19.1 Å². The second-order valence-corrected chi connectivity index (χ2v) is 6.69. The predicted molar refractivity (Wildman–Crippen MR) is 101 cm³/mol. The van der Waals surface area contributed by atoms with E-state index < -0.39 is 5.97 Å². The molecule has 0 radical (unpaired) electrons. The van der Waals surface area contributed by atoms with E-state index >= 15 is 0 Å². The lowest BCUT2D eigenvalue weighted by atomic mass is 9.96. The molecule has 4 nitrogen and oxygen atoms in total. The minimum absolute atomic E-state index is 0.177. The van der Waals surface area contributed by atoms with Crippen LogP contribution >= 0.6 is 0 Å². The lowest BCUT2D eigenvalue weighted by Crippen LogP contribution is -2.27. The number of carbonyl (C=O) groups excluding carboxylic acids is 1. The van der Waals surface area contributed by atoms with Crippen LogP contribution in [0.5, 0.6) is 0 Å². The van der Waals surface area contributed by atoms with Gasteiger partial charge in [-0.15, -0.1) is 0 Å². The highest BCUT2D eigenvalue weighted by molar-refractivity contribution is 5.89. The van der Waals surface area contributed by atoms with Gasteiger partial charge in [-0.3, -0.25) is 4.79 Å². The molecule has 2 aromatic carbocycles. The summed E-state index contributed by atoms with van der Waals surface area (Å²) in [6.07, 6.45) is 3.65. The van der Waals surface area contributed by atoms with Crippen LogP contribution in [0.4, 0.5) is 4.39 Å². The molecule has 0 aliphatic heterocycles. The van der Waals surface area contributed by atoms with Crippen LogP contribution in [0, 0.1) is 5.82 Å². The normalized spacial score (nSPS) is 14.1. The summed E-state index contributed by atoms with van der Waals surface area (Å²) in [6.45, 7) is 0. The van der Waals surface area contributed by atoms with Crippen molar-refractivity contribution in [3.05, 3.63) is 71.2 Å². The first-order valence-corrected chi connectivity index (χ1v) is 9.13. The van der Waals surface area contributed by atoms with Crippen molar-refractivity contribution in [1.82, 2.24) is 5.32 Å². The smallest absolute Gasteiger partial charge is 0.333 e. The van der Waals surface area contributed by atoms with E-state index in [2.05, 4.69) is 5.32 Å². The Bertz CT molecular complexity index is 871. The van der Waals surface area contributed by atoms with Gasteiger partial charge < -0.3 is 10.4 Å². The van der Waals surface area contributed by atoms with Crippen molar-refractivity contribution in [1.29, 1.82) is 0 Å². The molecule has 0 bridgehead atoms. The quantitative estimate of drug-likeness (QED) is 0.792. The molecule has 140 valence electrons. The third kappa shape index (κ3) is 4.82. The molecule has 0 fully saturated rings. The Morgan fingerprint density at radius 1 is 1.00 bits per heavy atom. The molecule has 0 spiro atoms. The van der Waals surface area contributed by atoms with Gasteiger partial charge in [0.15, 0.2) is 0 Å². The molecule has 2 N–H and O–H groups in total. The number of benzene rings is 2. The van der Waals surface area contributed by atoms with E-state index in [1.54, 1.807) is 18.2 Å². The van der Waals surface area contributed by atoms with Crippen LogP contribution in [0.1, 0.15) is 37.7 Å². The maximum atomic E-state index is 13.8. The second-order valence-electron chi connectivity index (χ2n) is 6.69. The minimum atomic E-state index is -0.950. The van der Waals surface area contributed by atoms with E-state index in [4.69, 9.17) is 0 Å². The molecule has 1 aliphatic carbocycles. The summed E-state index contributed by atoms with van der Waals surface area (Å²) < 4.78 is 13.8. The monoisotopic (exact) mass is 367 g/mol. The summed E-state index contributed by atoms with van der Waals surface area (Å²) in [5.41, 5.74) is 3.19. The van der Waals surface area contributed by atoms with Crippen molar-refractivity contribution in [2.75, 3.05) is 0 Å². The first-order valence-electron chi connectivity index (χ1n) is 9.13. The van der Waals surface area contributed by atoms with Crippen molar-refractivity contribution in [2.45, 2.75) is 38.5 Å². The first kappa shape index (κ1) is 18.8. The van der Waals surface area contributed by atoms with Crippen LogP contribution in [0.15, 0.2) is 59.8 Å². The van der Waals surface area contributed by atoms with Crippen molar-refractivity contribution < 1.29 is 19.1 Å². The molecule has 3 rings (SSSR count). The average Bonchev–Trinajstić information content (AvgIpc) is 2.67. The Morgan fingerprint density at radius 2 is 1.70 bits per heavy atom. The van der Waals surface area contributed by atoms with Crippen LogP contribution in [0.2, 0.25) is 0 Å². The van der Waals surface area contributed by atoms with Crippen molar-refractivity contribution in [3.8, 4) is 11.1 Å². The molecule has 0 atom stereocenters. The highest BCUT2D eigenvalue weighted by Crippen LogP contribution is 2.24. The van der Waals surface area contributed by atoms with Crippen LogP contribution < -0.4 is 5.32 Å². The van der Waals surface area contributed by atoms with Gasteiger partial charge >= 0.3 is 5.97 Å². The van der Waals surface area contributed by atoms with Gasteiger partial charge in [0.05, 0.1) is 5.57 Å². The first-order chi connectivity index (χ1) is 13.0. The topological polar surface area (TPSA) is 66.4 Å². The Morgan fingerprint density at radius 3 is 2.41 bits per heavy atom. The van der Waals surface area contributed by atoms with Gasteiger partial charge in [-0.25, -0.2) is 9.18 Å². The van der Waals surface area contributed by atoms with E-state index in [0.717, 1.165) is 24.0 Å². The Hall–Kier alpha value is -2.95. The molecule has 27 heavy (non-hydrogen) atoms. The third-order valence-corrected chi connectivity index (χ3v) is 4.80. The van der Waals surface area contributed by atoms with Crippen molar-refractivity contribution >= 4 is 11.9 Å². The van der Waals surface area contributed by atoms with Gasteiger partial charge in [0, 0.05) is 17.7 Å². The number of carbonyl (C=O) groups is 2. The Balaban J connectivity index is 1.59. The van der Waals surface area contributed by atoms with Crippen molar-refractivity contribution in [2.24, 2.45) is 0 Å². The van der Waals surface area contributed by atoms with E-state index in [-0.39, 0.29) is 18.1 Å². The Labute approximate surface area is 157 Å². The molecule has 5 heteroatoms. The predicted octanol–water partition coefficient (Wildman–Crippen LogP) is 4.45. The number of carboxylic acids is 1. The number of halogens is 1. The lowest BCUT2D eigenvalue weighted by molar-refractivity contribution is -0.133. The lowest BCUT2D eigenvalue weighted by Gasteiger charge is -2.18. The zero-order valence-corrected chi connectivity index (χ0v) is 15.0. The number of hydrogen-bond donors (Lipinski definition) is 2. The molecule has 0 unspecified atom stereocenters. The molecule has 0 heterocycles. The van der Waals surface area contributed by atoms with Gasteiger partial charge in [0.25, 0.3) is 0 Å². The maximum Gasteiger partial charge on any atom is 0.333 e. The van der Waals surface area contributed by atoms with Crippen LogP contribution in [0.3, 0.4) is 0 Å². The van der Waals surface area contributed by atoms with Crippen molar-refractivity contribution in [3.63, 3.8) is 0 Å². The third-order valence-electron chi connectivity index (χ3n) is 4.80. The molecule has 0 saturated heterocycles. The summed E-state index contributed by atoms with van der Waals surface area (Å²) in [7, 11) is 0. The molecule has 1 amide bonds. The maximum absolute atomic E-state index is 13.8. The number of aryl methyl sites for hydroxylation is 1. The van der Waals surface area contributed by atoms with E-state index in [0.29, 0.717) is 36.1 Å². The molecule has 2 aromatic rings. The van der Waals surface area contributed by atoms with Crippen LogP contribution in [-0.4, -0.2) is 17.0 Å². The minimum Gasteiger partial charge on any atom is -0.478 e. The summed E-state index contributed by atoms with van der Waals surface area (Å²) in [5.74, 6) is -1.39. The summed E-state index contributed by atoms with van der Waals surface area (Å²) in [6, 6.07) is 14.1. The molecule has 0 saturated carbocycles. The fourth-order valence-electron chi connectivity index (χ4n) is 3.31. The largest absolute Gasteiger partial charge is 0.478 e. The zero-order chi connectivity index (χ0) is 19.2. The van der Waals surface area contributed by atoms with Gasteiger partial charge in [0.2, 0.25) is 5.91 Å². The fraction of sp³-hybridized carbons (Fsp3) is 0.273. The molecular weight excluding hydrogens is 345 g/mol. The van der Waals surface area contributed by atoms with E-state index in [1.165, 1.54) is 6.07 Å². The molecular formula is C22H22FNO3. The highest BCUT2D eigenvalue weighted by atomic mass is 19.1. The van der Waals surface area contributed by atoms with Gasteiger partial charge in [0.1, 0.15) is 5.82 Å². The number of amides is 1. The number of nitrogens with one attached hydrogen (secondary N) is 1.